The van der Waals surface area contributed by atoms with Gasteiger partial charge in [-0.15, -0.1) is 0 Å². The highest BCUT2D eigenvalue weighted by atomic mass is 16.5. The minimum Gasteiger partial charge on any atom is -0.488 e. The van der Waals surface area contributed by atoms with E-state index < -0.39 is 0 Å². The van der Waals surface area contributed by atoms with Crippen molar-refractivity contribution in [1.82, 2.24) is 20.5 Å². The molecular formula is C18H16N4O2. The third kappa shape index (κ3) is 2.62. The van der Waals surface area contributed by atoms with Crippen molar-refractivity contribution >= 4 is 5.91 Å². The number of benzene rings is 1. The van der Waals surface area contributed by atoms with Crippen LogP contribution in [0, 0.1) is 0 Å². The van der Waals surface area contributed by atoms with Crippen molar-refractivity contribution in [2.24, 2.45) is 0 Å². The van der Waals surface area contributed by atoms with E-state index in [-0.39, 0.29) is 5.91 Å². The van der Waals surface area contributed by atoms with Gasteiger partial charge >= 0.3 is 0 Å². The van der Waals surface area contributed by atoms with Gasteiger partial charge in [0.25, 0.3) is 5.91 Å². The first-order valence-corrected chi connectivity index (χ1v) is 7.80. The summed E-state index contributed by atoms with van der Waals surface area (Å²) in [5.41, 5.74) is 3.89. The highest BCUT2D eigenvalue weighted by Crippen LogP contribution is 2.36. The molecule has 2 aromatic heterocycles. The normalized spacial score (nSPS) is 12.0. The standard InChI is InChI=1S/C18H16N4O2/c23-18(20-10-8-12-5-3-4-9-19-12)17-14-11-24-15-7-2-1-6-13(15)16(14)21-22-17/h1-7,9H,8,10-11H2,(H,20,23)(H,21,22). The van der Waals surface area contributed by atoms with Crippen LogP contribution in [-0.2, 0) is 13.0 Å². The van der Waals surface area contributed by atoms with Gasteiger partial charge in [0.15, 0.2) is 0 Å². The molecule has 0 atom stereocenters. The number of amides is 1. The molecule has 24 heavy (non-hydrogen) atoms. The molecular weight excluding hydrogens is 304 g/mol. The van der Waals surface area contributed by atoms with E-state index in [1.807, 2.05) is 42.5 Å². The first kappa shape index (κ1) is 14.4. The highest BCUT2D eigenvalue weighted by molar-refractivity contribution is 5.96. The van der Waals surface area contributed by atoms with Gasteiger partial charge < -0.3 is 10.1 Å². The van der Waals surface area contributed by atoms with Crippen molar-refractivity contribution in [2.45, 2.75) is 13.0 Å². The summed E-state index contributed by atoms with van der Waals surface area (Å²) in [5, 5.41) is 10.1. The molecule has 0 aliphatic carbocycles. The second-order valence-electron chi connectivity index (χ2n) is 5.54. The number of carbonyl (C=O) groups excluding carboxylic acids is 1. The Labute approximate surface area is 138 Å². The lowest BCUT2D eigenvalue weighted by molar-refractivity contribution is 0.0946. The number of nitrogens with zero attached hydrogens (tertiary/aromatic N) is 2. The molecule has 3 aromatic rings. The van der Waals surface area contributed by atoms with Crippen molar-refractivity contribution in [3.8, 4) is 17.0 Å². The van der Waals surface area contributed by atoms with Crippen molar-refractivity contribution in [2.75, 3.05) is 6.54 Å². The van der Waals surface area contributed by atoms with E-state index in [9.17, 15) is 4.79 Å². The maximum absolute atomic E-state index is 12.4. The van der Waals surface area contributed by atoms with Gasteiger partial charge in [0, 0.05) is 36.0 Å². The van der Waals surface area contributed by atoms with E-state index in [4.69, 9.17) is 4.74 Å². The minimum atomic E-state index is -0.178. The number of pyridine rings is 1. The largest absolute Gasteiger partial charge is 0.488 e. The van der Waals surface area contributed by atoms with E-state index in [0.717, 1.165) is 28.3 Å². The molecule has 2 N–H and O–H groups in total. The molecule has 1 aliphatic rings. The zero-order valence-electron chi connectivity index (χ0n) is 13.0. The van der Waals surface area contributed by atoms with Crippen LogP contribution in [0.3, 0.4) is 0 Å². The van der Waals surface area contributed by atoms with Crippen molar-refractivity contribution in [3.63, 3.8) is 0 Å². The molecule has 0 fully saturated rings. The van der Waals surface area contributed by atoms with Gasteiger partial charge in [0.1, 0.15) is 23.7 Å². The lowest BCUT2D eigenvalue weighted by Crippen LogP contribution is -2.27. The van der Waals surface area contributed by atoms with Gasteiger partial charge in [-0.1, -0.05) is 18.2 Å². The lowest BCUT2D eigenvalue weighted by atomic mass is 10.0. The number of hydrogen-bond donors (Lipinski definition) is 2. The summed E-state index contributed by atoms with van der Waals surface area (Å²) in [6.45, 7) is 0.854. The van der Waals surface area contributed by atoms with E-state index >= 15 is 0 Å². The molecule has 1 aromatic carbocycles. The molecule has 0 saturated heterocycles. The second kappa shape index (κ2) is 6.16. The van der Waals surface area contributed by atoms with Crippen LogP contribution in [0.2, 0.25) is 0 Å². The van der Waals surface area contributed by atoms with Crippen LogP contribution in [-0.4, -0.2) is 27.6 Å². The fourth-order valence-electron chi connectivity index (χ4n) is 2.79. The van der Waals surface area contributed by atoms with Crippen molar-refractivity contribution in [3.05, 3.63) is 65.6 Å². The molecule has 0 bridgehead atoms. The van der Waals surface area contributed by atoms with Gasteiger partial charge in [-0.05, 0) is 24.3 Å². The molecule has 1 aliphatic heterocycles. The first-order valence-electron chi connectivity index (χ1n) is 7.80. The SMILES string of the molecule is O=C(NCCc1ccccn1)c1[nH]nc2c1COc1ccccc1-2. The molecule has 0 unspecified atom stereocenters. The highest BCUT2D eigenvalue weighted by Gasteiger charge is 2.25. The third-order valence-electron chi connectivity index (χ3n) is 4.00. The molecule has 0 radical (unpaired) electrons. The predicted molar refractivity (Wildman–Crippen MR) is 88.6 cm³/mol. The summed E-state index contributed by atoms with van der Waals surface area (Å²) >= 11 is 0. The summed E-state index contributed by atoms with van der Waals surface area (Å²) in [6, 6.07) is 13.4. The number of hydrogen-bond acceptors (Lipinski definition) is 4. The number of rotatable bonds is 4. The summed E-state index contributed by atoms with van der Waals surface area (Å²) in [5.74, 6) is 0.612. The Hall–Kier alpha value is -3.15. The van der Waals surface area contributed by atoms with Crippen LogP contribution in [0.1, 0.15) is 21.7 Å². The van der Waals surface area contributed by atoms with Gasteiger partial charge in [0.05, 0.1) is 0 Å². The van der Waals surface area contributed by atoms with Crippen LogP contribution < -0.4 is 10.1 Å². The van der Waals surface area contributed by atoms with E-state index in [1.165, 1.54) is 0 Å². The van der Waals surface area contributed by atoms with Gasteiger partial charge in [-0.2, -0.15) is 5.10 Å². The van der Waals surface area contributed by atoms with Gasteiger partial charge in [-0.25, -0.2) is 0 Å². The zero-order chi connectivity index (χ0) is 16.4. The fourth-order valence-corrected chi connectivity index (χ4v) is 2.79. The Morgan fingerprint density at radius 1 is 1.21 bits per heavy atom. The number of fused-ring (bicyclic) bond motifs is 3. The average molecular weight is 320 g/mol. The van der Waals surface area contributed by atoms with E-state index in [0.29, 0.717) is 25.3 Å². The Kier molecular flexibility index (Phi) is 3.70. The fraction of sp³-hybridized carbons (Fsp3) is 0.167. The summed E-state index contributed by atoms with van der Waals surface area (Å²) < 4.78 is 5.72. The van der Waals surface area contributed by atoms with E-state index in [1.54, 1.807) is 6.20 Å². The molecule has 120 valence electrons. The van der Waals surface area contributed by atoms with Crippen molar-refractivity contribution < 1.29 is 9.53 Å². The lowest BCUT2D eigenvalue weighted by Gasteiger charge is -2.17. The quantitative estimate of drug-likeness (QED) is 0.773. The Bertz CT molecular complexity index is 874. The molecule has 1 amide bonds. The predicted octanol–water partition coefficient (Wildman–Crippen LogP) is 2.34. The zero-order valence-corrected chi connectivity index (χ0v) is 13.0. The number of ether oxygens (including phenoxy) is 1. The van der Waals surface area contributed by atoms with Crippen LogP contribution in [0.5, 0.6) is 5.75 Å². The minimum absolute atomic E-state index is 0.178. The number of nitrogens with one attached hydrogen (secondary N) is 2. The summed E-state index contributed by atoms with van der Waals surface area (Å²) in [6.07, 6.45) is 2.43. The molecule has 6 nitrogen and oxygen atoms in total. The summed E-state index contributed by atoms with van der Waals surface area (Å²) in [7, 11) is 0. The maximum atomic E-state index is 12.4. The molecule has 0 saturated carbocycles. The molecule has 6 heteroatoms. The topological polar surface area (TPSA) is 79.9 Å². The third-order valence-corrected chi connectivity index (χ3v) is 4.00. The van der Waals surface area contributed by atoms with Crippen LogP contribution in [0.4, 0.5) is 0 Å². The van der Waals surface area contributed by atoms with Crippen LogP contribution in [0.25, 0.3) is 11.3 Å². The average Bonchev–Trinajstić information content (AvgIpc) is 3.07. The first-order chi connectivity index (χ1) is 11.8. The molecule has 0 spiro atoms. The van der Waals surface area contributed by atoms with Gasteiger partial charge in [0.2, 0.25) is 0 Å². The number of carbonyl (C=O) groups is 1. The molecule has 3 heterocycles. The van der Waals surface area contributed by atoms with Crippen LogP contribution in [0.15, 0.2) is 48.7 Å². The smallest absolute Gasteiger partial charge is 0.269 e. The number of H-pyrrole nitrogens is 1. The second-order valence-corrected chi connectivity index (χ2v) is 5.54. The monoisotopic (exact) mass is 320 g/mol. The number of para-hydroxylation sites is 1. The summed E-state index contributed by atoms with van der Waals surface area (Å²) in [4.78, 5) is 16.7. The Morgan fingerprint density at radius 3 is 2.96 bits per heavy atom. The Balaban J connectivity index is 1.48. The number of aromatic nitrogens is 3. The maximum Gasteiger partial charge on any atom is 0.269 e. The number of aromatic amines is 1. The van der Waals surface area contributed by atoms with E-state index in [2.05, 4.69) is 20.5 Å². The van der Waals surface area contributed by atoms with Crippen LogP contribution >= 0.6 is 0 Å². The Morgan fingerprint density at radius 2 is 2.08 bits per heavy atom. The molecule has 4 rings (SSSR count). The van der Waals surface area contributed by atoms with Crippen molar-refractivity contribution in [1.29, 1.82) is 0 Å². The van der Waals surface area contributed by atoms with Gasteiger partial charge in [-0.3, -0.25) is 14.9 Å².